The summed E-state index contributed by atoms with van der Waals surface area (Å²) in [6.07, 6.45) is 0.840. The van der Waals surface area contributed by atoms with Crippen molar-refractivity contribution >= 4 is 61.7 Å². The third kappa shape index (κ3) is 6.88. The van der Waals surface area contributed by atoms with Crippen LogP contribution in [0.5, 0.6) is 0 Å². The predicted molar refractivity (Wildman–Crippen MR) is 120 cm³/mol. The number of carbonyl (C=O) groups excluding carboxylic acids is 2. The third-order valence-corrected chi connectivity index (χ3v) is 8.66. The number of anilines is 1. The minimum absolute atomic E-state index is 0.112. The van der Waals surface area contributed by atoms with Gasteiger partial charge in [0.2, 0.25) is 21.1 Å². The van der Waals surface area contributed by atoms with Gasteiger partial charge in [0.05, 0.1) is 18.6 Å². The van der Waals surface area contributed by atoms with Crippen molar-refractivity contribution in [3.63, 3.8) is 0 Å². The zero-order valence-electron chi connectivity index (χ0n) is 16.6. The zero-order chi connectivity index (χ0) is 22.4. The molecule has 0 radical (unpaired) electrons. The number of nitrogens with one attached hydrogen (secondary N) is 1. The molecule has 1 aliphatic heterocycles. The standard InChI is InChI=1S/C18H21ClN4O5S3/c1-28-15(24)10-29-18-22-21-17(30-18)20-16(25)13-5-7-23(8-6-13)31(26,27)11-12-3-2-4-14(19)9-12/h2-4,9,13H,5-8,10-11H2,1H3,(H,20,21,25). The molecule has 1 N–H and O–H groups in total. The Morgan fingerprint density at radius 3 is 2.74 bits per heavy atom. The first-order valence-corrected chi connectivity index (χ1v) is 13.1. The molecular formula is C18H21ClN4O5S3. The van der Waals surface area contributed by atoms with Crippen LogP contribution < -0.4 is 5.32 Å². The fourth-order valence-electron chi connectivity index (χ4n) is 3.03. The van der Waals surface area contributed by atoms with E-state index in [0.717, 1.165) is 0 Å². The van der Waals surface area contributed by atoms with E-state index < -0.39 is 10.0 Å². The summed E-state index contributed by atoms with van der Waals surface area (Å²) in [5, 5.41) is 11.4. The maximum absolute atomic E-state index is 12.7. The Balaban J connectivity index is 1.49. The number of benzene rings is 1. The molecule has 0 spiro atoms. The van der Waals surface area contributed by atoms with Gasteiger partial charge in [-0.05, 0) is 30.5 Å². The number of methoxy groups -OCH3 is 1. The number of ether oxygens (including phenoxy) is 1. The highest BCUT2D eigenvalue weighted by molar-refractivity contribution is 8.01. The highest BCUT2D eigenvalue weighted by Crippen LogP contribution is 2.27. The van der Waals surface area contributed by atoms with E-state index in [4.69, 9.17) is 11.6 Å². The molecule has 2 aromatic rings. The van der Waals surface area contributed by atoms with Crippen LogP contribution in [0.4, 0.5) is 5.13 Å². The normalized spacial score (nSPS) is 15.5. The molecule has 0 bridgehead atoms. The summed E-state index contributed by atoms with van der Waals surface area (Å²) in [6.45, 7) is 0.550. The van der Waals surface area contributed by atoms with Crippen LogP contribution in [0, 0.1) is 5.92 Å². The minimum atomic E-state index is -3.49. The summed E-state index contributed by atoms with van der Waals surface area (Å²) in [6, 6.07) is 6.78. The lowest BCUT2D eigenvalue weighted by Gasteiger charge is -2.30. The van der Waals surface area contributed by atoms with Crippen LogP contribution in [0.25, 0.3) is 0 Å². The molecule has 1 amide bonds. The molecule has 0 atom stereocenters. The van der Waals surface area contributed by atoms with Gasteiger partial charge in [-0.1, -0.05) is 46.8 Å². The van der Waals surface area contributed by atoms with Crippen molar-refractivity contribution in [3.8, 4) is 0 Å². The van der Waals surface area contributed by atoms with E-state index in [0.29, 0.717) is 32.9 Å². The molecule has 31 heavy (non-hydrogen) atoms. The Morgan fingerprint density at radius 1 is 1.32 bits per heavy atom. The van der Waals surface area contributed by atoms with E-state index in [-0.39, 0.29) is 42.4 Å². The number of piperidine rings is 1. The monoisotopic (exact) mass is 504 g/mol. The second-order valence-electron chi connectivity index (χ2n) is 6.79. The average Bonchev–Trinajstić information content (AvgIpc) is 3.19. The molecule has 0 unspecified atom stereocenters. The van der Waals surface area contributed by atoms with Gasteiger partial charge >= 0.3 is 5.97 Å². The first-order chi connectivity index (χ1) is 14.8. The highest BCUT2D eigenvalue weighted by atomic mass is 35.5. The van der Waals surface area contributed by atoms with Crippen molar-refractivity contribution < 1.29 is 22.7 Å². The first kappa shape index (κ1) is 23.9. The van der Waals surface area contributed by atoms with Gasteiger partial charge in [0.25, 0.3) is 0 Å². The van der Waals surface area contributed by atoms with Crippen LogP contribution in [0.3, 0.4) is 0 Å². The molecule has 3 rings (SSSR count). The number of carbonyl (C=O) groups is 2. The Bertz CT molecular complexity index is 1040. The summed E-state index contributed by atoms with van der Waals surface area (Å²) in [5.74, 6) is -0.911. The van der Waals surface area contributed by atoms with E-state index in [1.165, 1.54) is 34.5 Å². The molecule has 1 fully saturated rings. The summed E-state index contributed by atoms with van der Waals surface area (Å²) in [7, 11) is -2.18. The Kier molecular flexibility index (Phi) is 8.28. The van der Waals surface area contributed by atoms with Gasteiger partial charge in [-0.15, -0.1) is 10.2 Å². The van der Waals surface area contributed by atoms with Crippen molar-refractivity contribution in [1.82, 2.24) is 14.5 Å². The van der Waals surface area contributed by atoms with Crippen molar-refractivity contribution in [2.45, 2.75) is 22.9 Å². The SMILES string of the molecule is COC(=O)CSc1nnc(NC(=O)C2CCN(S(=O)(=O)Cc3cccc(Cl)c3)CC2)s1. The number of rotatable bonds is 8. The van der Waals surface area contributed by atoms with E-state index in [1.807, 2.05) is 0 Å². The van der Waals surface area contributed by atoms with Gasteiger partial charge in [0.15, 0.2) is 4.34 Å². The molecule has 1 aromatic carbocycles. The average molecular weight is 505 g/mol. The Hall–Kier alpha value is -1.73. The van der Waals surface area contributed by atoms with Crippen LogP contribution in [-0.4, -0.2) is 60.7 Å². The van der Waals surface area contributed by atoms with Crippen LogP contribution >= 0.6 is 34.7 Å². The van der Waals surface area contributed by atoms with Crippen molar-refractivity contribution in [2.75, 3.05) is 31.3 Å². The van der Waals surface area contributed by atoms with Crippen LogP contribution in [0.2, 0.25) is 5.02 Å². The van der Waals surface area contributed by atoms with E-state index >= 15 is 0 Å². The van der Waals surface area contributed by atoms with Crippen LogP contribution in [0.15, 0.2) is 28.6 Å². The first-order valence-electron chi connectivity index (χ1n) is 9.33. The van der Waals surface area contributed by atoms with Crippen LogP contribution in [0.1, 0.15) is 18.4 Å². The summed E-state index contributed by atoms with van der Waals surface area (Å²) >= 11 is 8.28. The number of thioether (sulfide) groups is 1. The van der Waals surface area contributed by atoms with Gasteiger partial charge in [-0.25, -0.2) is 12.7 Å². The van der Waals surface area contributed by atoms with E-state index in [1.54, 1.807) is 24.3 Å². The minimum Gasteiger partial charge on any atom is -0.468 e. The maximum Gasteiger partial charge on any atom is 0.316 e. The Labute approximate surface area is 193 Å². The number of hydrogen-bond acceptors (Lipinski definition) is 9. The van der Waals surface area contributed by atoms with E-state index in [9.17, 15) is 18.0 Å². The van der Waals surface area contributed by atoms with Gasteiger partial charge in [0, 0.05) is 24.0 Å². The molecule has 1 aliphatic rings. The van der Waals surface area contributed by atoms with Crippen LogP contribution in [-0.2, 0) is 30.1 Å². The third-order valence-electron chi connectivity index (χ3n) is 4.63. The fraction of sp³-hybridized carbons (Fsp3) is 0.444. The van der Waals surface area contributed by atoms with Crippen molar-refractivity contribution in [2.24, 2.45) is 5.92 Å². The number of nitrogens with zero attached hydrogens (tertiary/aromatic N) is 3. The number of aromatic nitrogens is 2. The molecule has 2 heterocycles. The molecule has 0 saturated carbocycles. The number of hydrogen-bond donors (Lipinski definition) is 1. The lowest BCUT2D eigenvalue weighted by Crippen LogP contribution is -2.41. The molecule has 168 valence electrons. The highest BCUT2D eigenvalue weighted by Gasteiger charge is 2.31. The summed E-state index contributed by atoms with van der Waals surface area (Å²) in [5.41, 5.74) is 0.629. The molecule has 1 saturated heterocycles. The smallest absolute Gasteiger partial charge is 0.316 e. The predicted octanol–water partition coefficient (Wildman–Crippen LogP) is 2.64. The van der Waals surface area contributed by atoms with Crippen molar-refractivity contribution in [3.05, 3.63) is 34.9 Å². The largest absolute Gasteiger partial charge is 0.468 e. The maximum atomic E-state index is 12.7. The molecule has 1 aromatic heterocycles. The van der Waals surface area contributed by atoms with Crippen molar-refractivity contribution in [1.29, 1.82) is 0 Å². The quantitative estimate of drug-likeness (QED) is 0.331. The second kappa shape index (κ2) is 10.7. The molecule has 0 aliphatic carbocycles. The number of halogens is 1. The summed E-state index contributed by atoms with van der Waals surface area (Å²) in [4.78, 5) is 23.7. The number of amides is 1. The molecular weight excluding hydrogens is 484 g/mol. The second-order valence-corrected chi connectivity index (χ2v) is 11.4. The lowest BCUT2D eigenvalue weighted by molar-refractivity contribution is -0.137. The van der Waals surface area contributed by atoms with E-state index in [2.05, 4.69) is 20.3 Å². The molecule has 9 nitrogen and oxygen atoms in total. The Morgan fingerprint density at radius 2 is 2.06 bits per heavy atom. The van der Waals surface area contributed by atoms with Gasteiger partial charge < -0.3 is 10.1 Å². The number of sulfonamides is 1. The molecule has 13 heteroatoms. The zero-order valence-corrected chi connectivity index (χ0v) is 19.8. The lowest BCUT2D eigenvalue weighted by atomic mass is 9.97. The topological polar surface area (TPSA) is 119 Å². The van der Waals surface area contributed by atoms with Gasteiger partial charge in [-0.3, -0.25) is 9.59 Å². The summed E-state index contributed by atoms with van der Waals surface area (Å²) < 4.78 is 31.9. The fourth-order valence-corrected chi connectivity index (χ4v) is 6.38. The van der Waals surface area contributed by atoms with Gasteiger partial charge in [0.1, 0.15) is 0 Å². The van der Waals surface area contributed by atoms with Gasteiger partial charge in [-0.2, -0.15) is 0 Å². The number of esters is 1.